The van der Waals surface area contributed by atoms with E-state index in [0.717, 1.165) is 19.3 Å². The van der Waals surface area contributed by atoms with E-state index in [0.29, 0.717) is 5.82 Å². The van der Waals surface area contributed by atoms with Gasteiger partial charge in [0.15, 0.2) is 0 Å². The highest BCUT2D eigenvalue weighted by Crippen LogP contribution is 2.29. The van der Waals surface area contributed by atoms with Gasteiger partial charge in [-0.2, -0.15) is 4.98 Å². The number of benzene rings is 1. The summed E-state index contributed by atoms with van der Waals surface area (Å²) in [5, 5.41) is 9.43. The van der Waals surface area contributed by atoms with Crippen LogP contribution in [0.15, 0.2) is 24.3 Å². The first-order valence-corrected chi connectivity index (χ1v) is 6.76. The maximum atomic E-state index is 12.1. The number of H-pyrrole nitrogens is 1. The summed E-state index contributed by atoms with van der Waals surface area (Å²) < 4.78 is 0. The first kappa shape index (κ1) is 12.7. The lowest BCUT2D eigenvalue weighted by atomic mass is 9.87. The van der Waals surface area contributed by atoms with Crippen LogP contribution in [0.3, 0.4) is 0 Å². The zero-order valence-electron chi connectivity index (χ0n) is 11.1. The van der Waals surface area contributed by atoms with Crippen LogP contribution >= 0.6 is 0 Å². The van der Waals surface area contributed by atoms with Gasteiger partial charge in [0.25, 0.3) is 0 Å². The smallest absolute Gasteiger partial charge is 0.239 e. The van der Waals surface area contributed by atoms with Gasteiger partial charge in [-0.15, -0.1) is 5.10 Å². The Morgan fingerprint density at radius 1 is 1.45 bits per heavy atom. The topological polar surface area (TPSA) is 96.7 Å². The molecule has 0 radical (unpaired) electrons. The number of nitrogens with zero attached hydrogens (tertiary/aromatic N) is 2. The van der Waals surface area contributed by atoms with Crippen molar-refractivity contribution in [2.24, 2.45) is 0 Å². The van der Waals surface area contributed by atoms with Gasteiger partial charge in [-0.05, 0) is 30.4 Å². The zero-order chi connectivity index (χ0) is 13.9. The fraction of sp³-hybridized carbons (Fsp3) is 0.357. The van der Waals surface area contributed by atoms with Gasteiger partial charge >= 0.3 is 0 Å². The molecule has 0 saturated carbocycles. The Hall–Kier alpha value is -2.37. The molecule has 4 N–H and O–H groups in total. The Balaban J connectivity index is 1.68. The lowest BCUT2D eigenvalue weighted by Crippen LogP contribution is -2.32. The number of nitrogen functional groups attached to an aromatic ring is 1. The maximum Gasteiger partial charge on any atom is 0.239 e. The Labute approximate surface area is 116 Å². The second-order valence-electron chi connectivity index (χ2n) is 5.03. The Morgan fingerprint density at radius 3 is 3.10 bits per heavy atom. The molecular formula is C14H17N5O. The van der Waals surface area contributed by atoms with E-state index in [2.05, 4.69) is 32.6 Å². The van der Waals surface area contributed by atoms with E-state index < -0.39 is 0 Å². The Bertz CT molecular complexity index is 622. The molecule has 6 heteroatoms. The largest absolute Gasteiger partial charge is 0.367 e. The van der Waals surface area contributed by atoms with E-state index in [9.17, 15) is 4.79 Å². The summed E-state index contributed by atoms with van der Waals surface area (Å²) in [6.45, 7) is 0. The van der Waals surface area contributed by atoms with Crippen LogP contribution in [0, 0.1) is 0 Å². The number of aromatic amines is 1. The van der Waals surface area contributed by atoms with Crippen molar-refractivity contribution in [1.29, 1.82) is 0 Å². The summed E-state index contributed by atoms with van der Waals surface area (Å²) in [5.41, 5.74) is 7.97. The highest BCUT2D eigenvalue weighted by Gasteiger charge is 2.21. The van der Waals surface area contributed by atoms with Crippen molar-refractivity contribution in [2.45, 2.75) is 31.7 Å². The average molecular weight is 271 g/mol. The number of rotatable bonds is 3. The number of fused-ring (bicyclic) bond motifs is 1. The quantitative estimate of drug-likeness (QED) is 0.779. The lowest BCUT2D eigenvalue weighted by molar-refractivity contribution is -0.121. The molecule has 0 saturated heterocycles. The van der Waals surface area contributed by atoms with Crippen molar-refractivity contribution in [1.82, 2.24) is 20.5 Å². The van der Waals surface area contributed by atoms with Gasteiger partial charge in [0.1, 0.15) is 5.82 Å². The number of aryl methyl sites for hydroxylation is 1. The number of aromatic nitrogens is 3. The van der Waals surface area contributed by atoms with E-state index in [1.807, 2.05) is 12.1 Å². The van der Waals surface area contributed by atoms with Crippen molar-refractivity contribution in [3.05, 3.63) is 41.2 Å². The lowest BCUT2D eigenvalue weighted by Gasteiger charge is -2.26. The van der Waals surface area contributed by atoms with E-state index in [4.69, 9.17) is 5.73 Å². The predicted octanol–water partition coefficient (Wildman–Crippen LogP) is 1.12. The van der Waals surface area contributed by atoms with Gasteiger partial charge in [-0.3, -0.25) is 9.89 Å². The molecule has 1 atom stereocenters. The minimum Gasteiger partial charge on any atom is -0.367 e. The normalized spacial score (nSPS) is 17.5. The van der Waals surface area contributed by atoms with Crippen molar-refractivity contribution < 1.29 is 4.79 Å². The van der Waals surface area contributed by atoms with Crippen LogP contribution in [0.5, 0.6) is 0 Å². The van der Waals surface area contributed by atoms with Gasteiger partial charge in [0.05, 0.1) is 12.5 Å². The molecule has 0 aliphatic heterocycles. The third-order valence-corrected chi connectivity index (χ3v) is 3.58. The third-order valence-electron chi connectivity index (χ3n) is 3.58. The number of carbonyl (C=O) groups excluding carboxylic acids is 1. The third kappa shape index (κ3) is 2.64. The highest BCUT2D eigenvalue weighted by molar-refractivity contribution is 5.78. The molecule has 0 bridgehead atoms. The SMILES string of the molecule is Nc1n[nH]c(CC(=O)NC2CCCc3ccccc32)n1. The molecule has 2 aromatic rings. The van der Waals surface area contributed by atoms with Gasteiger partial charge in [-0.25, -0.2) is 0 Å². The van der Waals surface area contributed by atoms with Crippen LogP contribution in [-0.4, -0.2) is 21.1 Å². The minimum atomic E-state index is -0.0668. The standard InChI is InChI=1S/C14H17N5O/c15-14-17-12(18-19-14)8-13(20)16-11-7-3-5-9-4-1-2-6-10(9)11/h1-2,4,6,11H,3,5,7-8H2,(H,16,20)(H3,15,17,18,19). The first-order valence-electron chi connectivity index (χ1n) is 6.76. The molecule has 0 spiro atoms. The van der Waals surface area contributed by atoms with Crippen molar-refractivity contribution in [3.8, 4) is 0 Å². The molecule has 20 heavy (non-hydrogen) atoms. The van der Waals surface area contributed by atoms with Gasteiger partial charge < -0.3 is 11.1 Å². The molecule has 1 heterocycles. The Kier molecular flexibility index (Phi) is 3.37. The molecule has 6 nitrogen and oxygen atoms in total. The van der Waals surface area contributed by atoms with Crippen molar-refractivity contribution in [3.63, 3.8) is 0 Å². The summed E-state index contributed by atoms with van der Waals surface area (Å²) in [6.07, 6.45) is 3.32. The van der Waals surface area contributed by atoms with Crippen LogP contribution in [0.25, 0.3) is 0 Å². The molecule has 1 aromatic carbocycles. The van der Waals surface area contributed by atoms with E-state index in [1.54, 1.807) is 0 Å². The minimum absolute atomic E-state index is 0.0668. The predicted molar refractivity (Wildman–Crippen MR) is 74.8 cm³/mol. The molecule has 104 valence electrons. The number of nitrogens with one attached hydrogen (secondary N) is 2. The fourth-order valence-electron chi connectivity index (χ4n) is 2.69. The van der Waals surface area contributed by atoms with Crippen LogP contribution in [-0.2, 0) is 17.6 Å². The second kappa shape index (κ2) is 5.32. The van der Waals surface area contributed by atoms with Crippen LogP contribution in [0.4, 0.5) is 5.95 Å². The van der Waals surface area contributed by atoms with Crippen LogP contribution < -0.4 is 11.1 Å². The second-order valence-corrected chi connectivity index (χ2v) is 5.03. The van der Waals surface area contributed by atoms with Crippen molar-refractivity contribution >= 4 is 11.9 Å². The van der Waals surface area contributed by atoms with E-state index in [1.165, 1.54) is 11.1 Å². The monoisotopic (exact) mass is 271 g/mol. The number of amides is 1. The highest BCUT2D eigenvalue weighted by atomic mass is 16.1. The van der Waals surface area contributed by atoms with Gasteiger partial charge in [0, 0.05) is 0 Å². The number of nitrogens with two attached hydrogens (primary N) is 1. The van der Waals surface area contributed by atoms with Crippen LogP contribution in [0.1, 0.15) is 35.8 Å². The molecule has 1 aromatic heterocycles. The number of hydrogen-bond acceptors (Lipinski definition) is 4. The first-order chi connectivity index (χ1) is 9.72. The molecule has 1 aliphatic carbocycles. The Morgan fingerprint density at radius 2 is 2.30 bits per heavy atom. The summed E-state index contributed by atoms with van der Waals surface area (Å²) in [6, 6.07) is 8.37. The molecule has 0 fully saturated rings. The molecule has 1 unspecified atom stereocenters. The summed E-state index contributed by atoms with van der Waals surface area (Å²) in [5.74, 6) is 0.586. The maximum absolute atomic E-state index is 12.1. The molecular weight excluding hydrogens is 254 g/mol. The fourth-order valence-corrected chi connectivity index (χ4v) is 2.69. The summed E-state index contributed by atoms with van der Waals surface area (Å²) in [4.78, 5) is 16.0. The average Bonchev–Trinajstić information content (AvgIpc) is 2.84. The van der Waals surface area contributed by atoms with Crippen LogP contribution in [0.2, 0.25) is 0 Å². The van der Waals surface area contributed by atoms with Gasteiger partial charge in [-0.1, -0.05) is 24.3 Å². The summed E-state index contributed by atoms with van der Waals surface area (Å²) >= 11 is 0. The summed E-state index contributed by atoms with van der Waals surface area (Å²) in [7, 11) is 0. The molecule has 1 aliphatic rings. The van der Waals surface area contributed by atoms with Crippen molar-refractivity contribution in [2.75, 3.05) is 5.73 Å². The van der Waals surface area contributed by atoms with Gasteiger partial charge in [0.2, 0.25) is 11.9 Å². The molecule has 1 amide bonds. The molecule has 3 rings (SSSR count). The number of carbonyl (C=O) groups is 1. The number of anilines is 1. The zero-order valence-corrected chi connectivity index (χ0v) is 11.1. The van der Waals surface area contributed by atoms with E-state index in [-0.39, 0.29) is 24.3 Å². The van der Waals surface area contributed by atoms with E-state index >= 15 is 0 Å². The number of hydrogen-bond donors (Lipinski definition) is 3.